The fourth-order valence-electron chi connectivity index (χ4n) is 4.89. The summed E-state index contributed by atoms with van der Waals surface area (Å²) in [6.07, 6.45) is 8.66. The first kappa shape index (κ1) is 23.6. The van der Waals surface area contributed by atoms with E-state index in [1.165, 1.54) is 12.8 Å². The molecule has 1 fully saturated rings. The molecule has 178 valence electrons. The minimum absolute atomic E-state index is 0.111. The smallest absolute Gasteiger partial charge is 0.290 e. The number of aromatic amines is 1. The average molecular weight is 471 g/mol. The molecule has 2 aromatic heterocycles. The fraction of sp³-hybridized carbons (Fsp3) is 0.500. The number of benzene rings is 1. The Morgan fingerprint density at radius 1 is 1.12 bits per heavy atom. The molecule has 33 heavy (non-hydrogen) atoms. The van der Waals surface area contributed by atoms with Gasteiger partial charge in [0.2, 0.25) is 0 Å². The topological polar surface area (TPSA) is 86.1 Å². The third kappa shape index (κ3) is 4.60. The number of H-pyrrole nitrogens is 1. The van der Waals surface area contributed by atoms with E-state index in [2.05, 4.69) is 11.9 Å². The van der Waals surface area contributed by atoms with Crippen molar-refractivity contribution in [2.75, 3.05) is 0 Å². The maximum Gasteiger partial charge on any atom is 0.290 e. The van der Waals surface area contributed by atoms with E-state index in [1.807, 2.05) is 12.1 Å². The van der Waals surface area contributed by atoms with Crippen LogP contribution in [0.2, 0.25) is 0 Å². The third-order valence-electron chi connectivity index (χ3n) is 6.87. The first-order valence-electron chi connectivity index (χ1n) is 12.0. The van der Waals surface area contributed by atoms with Crippen LogP contribution < -0.4 is 9.47 Å². The molecule has 1 N–H and O–H groups in total. The van der Waals surface area contributed by atoms with Gasteiger partial charge in [0, 0.05) is 11.1 Å². The molecule has 0 unspecified atom stereocenters. The summed E-state index contributed by atoms with van der Waals surface area (Å²) in [5.74, 6) is 1.44. The molecule has 2 heterocycles. The Morgan fingerprint density at radius 2 is 1.85 bits per heavy atom. The van der Waals surface area contributed by atoms with Crippen molar-refractivity contribution in [3.05, 3.63) is 47.4 Å². The number of pyridine rings is 1. The van der Waals surface area contributed by atoms with Crippen molar-refractivity contribution in [3.8, 4) is 16.9 Å². The van der Waals surface area contributed by atoms with E-state index < -0.39 is 15.1 Å². The van der Waals surface area contributed by atoms with Crippen LogP contribution in [0.3, 0.4) is 0 Å². The number of nitrogens with zero attached hydrogens (tertiary/aromatic N) is 1. The second kappa shape index (κ2) is 9.37. The van der Waals surface area contributed by atoms with Crippen LogP contribution in [0.25, 0.3) is 22.2 Å². The quantitative estimate of drug-likeness (QED) is 0.355. The maximum absolute atomic E-state index is 12.9. The van der Waals surface area contributed by atoms with E-state index in [-0.39, 0.29) is 11.0 Å². The lowest BCUT2D eigenvalue weighted by atomic mass is 9.84. The molecule has 1 saturated carbocycles. The van der Waals surface area contributed by atoms with Crippen LogP contribution in [0, 0.1) is 18.0 Å². The highest BCUT2D eigenvalue weighted by molar-refractivity contribution is 7.92. The second-order valence-electron chi connectivity index (χ2n) is 9.53. The second-order valence-corrected chi connectivity index (χ2v) is 12.0. The van der Waals surface area contributed by atoms with Gasteiger partial charge in [0.15, 0.2) is 9.84 Å². The third-order valence-corrected chi connectivity index (χ3v) is 9.02. The van der Waals surface area contributed by atoms with Crippen molar-refractivity contribution in [1.82, 2.24) is 4.98 Å². The number of ether oxygens (including phenoxy) is 1. The molecule has 7 heteroatoms. The van der Waals surface area contributed by atoms with Crippen LogP contribution in [0.1, 0.15) is 65.0 Å². The SMILES string of the molecule is CCC[C@H]1CC[C@H](Oc2ccc(S(=O)(=O)C(C)C)cc2-c2cc(C)[n+]([O-])c3[nH]ccc23)CC1. The van der Waals surface area contributed by atoms with Gasteiger partial charge in [0.1, 0.15) is 11.4 Å². The highest BCUT2D eigenvalue weighted by Gasteiger charge is 2.26. The van der Waals surface area contributed by atoms with Crippen molar-refractivity contribution in [3.63, 3.8) is 0 Å². The van der Waals surface area contributed by atoms with Gasteiger partial charge in [-0.2, -0.15) is 0 Å². The van der Waals surface area contributed by atoms with Crippen LogP contribution in [0.15, 0.2) is 41.4 Å². The lowest BCUT2D eigenvalue weighted by molar-refractivity contribution is -0.586. The predicted octanol–water partition coefficient (Wildman–Crippen LogP) is 5.70. The monoisotopic (exact) mass is 470 g/mol. The van der Waals surface area contributed by atoms with Crippen LogP contribution in [0.5, 0.6) is 5.75 Å². The molecule has 1 aliphatic carbocycles. The van der Waals surface area contributed by atoms with Crippen molar-refractivity contribution >= 4 is 20.9 Å². The lowest BCUT2D eigenvalue weighted by Crippen LogP contribution is -2.31. The van der Waals surface area contributed by atoms with Crippen molar-refractivity contribution in [1.29, 1.82) is 0 Å². The zero-order chi connectivity index (χ0) is 23.8. The molecule has 0 amide bonds. The fourth-order valence-corrected chi connectivity index (χ4v) is 5.97. The Balaban J connectivity index is 1.79. The zero-order valence-electron chi connectivity index (χ0n) is 19.9. The van der Waals surface area contributed by atoms with Gasteiger partial charge in [0.05, 0.1) is 27.8 Å². The average Bonchev–Trinajstić information content (AvgIpc) is 3.28. The number of fused-ring (bicyclic) bond motifs is 1. The van der Waals surface area contributed by atoms with Crippen molar-refractivity contribution < 1.29 is 17.9 Å². The molecular weight excluding hydrogens is 436 g/mol. The number of nitrogens with one attached hydrogen (secondary N) is 1. The minimum atomic E-state index is -3.46. The summed E-state index contributed by atoms with van der Waals surface area (Å²) in [7, 11) is -3.46. The molecule has 1 aromatic carbocycles. The summed E-state index contributed by atoms with van der Waals surface area (Å²) in [5.41, 5.74) is 2.49. The summed E-state index contributed by atoms with van der Waals surface area (Å²) < 4.78 is 33.3. The van der Waals surface area contributed by atoms with E-state index in [9.17, 15) is 13.6 Å². The van der Waals surface area contributed by atoms with Gasteiger partial charge >= 0.3 is 0 Å². The Labute approximate surface area is 196 Å². The molecule has 1 aliphatic rings. The Bertz CT molecular complexity index is 1240. The van der Waals surface area contributed by atoms with Crippen LogP contribution in [-0.4, -0.2) is 24.8 Å². The Hall–Kier alpha value is -2.54. The molecule has 0 atom stereocenters. The predicted molar refractivity (Wildman–Crippen MR) is 131 cm³/mol. The molecule has 3 aromatic rings. The van der Waals surface area contributed by atoms with Gasteiger partial charge in [-0.15, -0.1) is 0 Å². The Morgan fingerprint density at radius 3 is 2.52 bits per heavy atom. The summed E-state index contributed by atoms with van der Waals surface area (Å²) in [4.78, 5) is 3.28. The largest absolute Gasteiger partial charge is 0.710 e. The first-order chi connectivity index (χ1) is 15.7. The summed E-state index contributed by atoms with van der Waals surface area (Å²) in [6.45, 7) is 7.36. The molecule has 6 nitrogen and oxygen atoms in total. The minimum Gasteiger partial charge on any atom is -0.710 e. The normalized spacial score (nSPS) is 19.3. The summed E-state index contributed by atoms with van der Waals surface area (Å²) >= 11 is 0. The van der Waals surface area contributed by atoms with Gasteiger partial charge in [-0.1, -0.05) is 19.8 Å². The molecule has 0 spiro atoms. The summed E-state index contributed by atoms with van der Waals surface area (Å²) in [5, 5.41) is 12.7. The highest BCUT2D eigenvalue weighted by Crippen LogP contribution is 2.39. The number of aromatic nitrogens is 2. The lowest BCUT2D eigenvalue weighted by Gasteiger charge is -2.29. The van der Waals surface area contributed by atoms with E-state index >= 15 is 0 Å². The van der Waals surface area contributed by atoms with E-state index in [0.29, 0.717) is 22.7 Å². The van der Waals surface area contributed by atoms with Crippen LogP contribution in [0.4, 0.5) is 0 Å². The first-order valence-corrected chi connectivity index (χ1v) is 13.5. The zero-order valence-corrected chi connectivity index (χ0v) is 20.7. The highest BCUT2D eigenvalue weighted by atomic mass is 32.2. The molecular formula is C26H34N2O4S. The molecule has 0 bridgehead atoms. The molecule has 0 saturated heterocycles. The van der Waals surface area contributed by atoms with Gasteiger partial charge in [-0.25, -0.2) is 18.1 Å². The van der Waals surface area contributed by atoms with Crippen molar-refractivity contribution in [2.45, 2.75) is 82.5 Å². The van der Waals surface area contributed by atoms with Gasteiger partial charge < -0.3 is 9.94 Å². The number of sulfone groups is 1. The molecule has 0 aliphatic heterocycles. The standard InChI is InChI=1S/C26H34N2O4S/c1-5-6-19-7-9-20(10-8-19)32-25-12-11-21(33(30,31)17(2)3)16-24(25)23-15-18(4)28(29)26-22(23)13-14-27-26/h11-17,19-20,27H,5-10H2,1-4H3/t19-,20-. The van der Waals surface area contributed by atoms with Crippen LogP contribution in [-0.2, 0) is 9.84 Å². The van der Waals surface area contributed by atoms with Gasteiger partial charge in [0.25, 0.3) is 5.65 Å². The van der Waals surface area contributed by atoms with E-state index in [0.717, 1.165) is 47.3 Å². The van der Waals surface area contributed by atoms with E-state index in [4.69, 9.17) is 4.74 Å². The summed E-state index contributed by atoms with van der Waals surface area (Å²) in [6, 6.07) is 8.81. The maximum atomic E-state index is 12.9. The number of aryl methyl sites for hydroxylation is 1. The van der Waals surface area contributed by atoms with Crippen molar-refractivity contribution in [2.24, 2.45) is 5.92 Å². The number of rotatable bonds is 7. The molecule has 4 rings (SSSR count). The van der Waals surface area contributed by atoms with Gasteiger partial charge in [-0.3, -0.25) is 0 Å². The van der Waals surface area contributed by atoms with Crippen LogP contribution >= 0.6 is 0 Å². The number of hydrogen-bond donors (Lipinski definition) is 1. The van der Waals surface area contributed by atoms with Gasteiger partial charge in [-0.05, 0) is 82.7 Å². The molecule has 0 radical (unpaired) electrons. The van der Waals surface area contributed by atoms with E-state index in [1.54, 1.807) is 45.2 Å². The number of hydrogen-bond acceptors (Lipinski definition) is 4. The Kier molecular flexibility index (Phi) is 6.71.